The van der Waals surface area contributed by atoms with Gasteiger partial charge in [-0.05, 0) is 57.0 Å². The van der Waals surface area contributed by atoms with Gasteiger partial charge in [0.2, 0.25) is 0 Å². The molecule has 1 aliphatic rings. The van der Waals surface area contributed by atoms with Crippen molar-refractivity contribution in [3.05, 3.63) is 29.5 Å². The summed E-state index contributed by atoms with van der Waals surface area (Å²) in [7, 11) is 2.16. The largest absolute Gasteiger partial charge is 0.494 e. The highest BCUT2D eigenvalue weighted by Crippen LogP contribution is 2.29. The Labute approximate surface area is 139 Å². The minimum Gasteiger partial charge on any atom is -0.494 e. The molecule has 2 aromatic rings. The van der Waals surface area contributed by atoms with Gasteiger partial charge in [-0.3, -0.25) is 4.90 Å². The van der Waals surface area contributed by atoms with Crippen LogP contribution in [0.5, 0.6) is 5.75 Å². The van der Waals surface area contributed by atoms with Gasteiger partial charge in [-0.15, -0.1) is 0 Å². The van der Waals surface area contributed by atoms with Gasteiger partial charge in [-0.2, -0.15) is 0 Å². The molecule has 4 heteroatoms. The van der Waals surface area contributed by atoms with Crippen LogP contribution in [-0.4, -0.2) is 48.9 Å². The molecule has 1 saturated heterocycles. The zero-order valence-electron chi connectivity index (χ0n) is 14.6. The molecule has 1 aromatic heterocycles. The van der Waals surface area contributed by atoms with Crippen molar-refractivity contribution < 1.29 is 9.47 Å². The van der Waals surface area contributed by atoms with Gasteiger partial charge in [0.15, 0.2) is 0 Å². The lowest BCUT2D eigenvalue weighted by atomic mass is 10.1. The Morgan fingerprint density at radius 3 is 2.74 bits per heavy atom. The highest BCUT2D eigenvalue weighted by Gasteiger charge is 2.14. The summed E-state index contributed by atoms with van der Waals surface area (Å²) in [6.07, 6.45) is 2.31. The van der Waals surface area contributed by atoms with Crippen molar-refractivity contribution >= 4 is 10.9 Å². The number of ether oxygens (including phenoxy) is 2. The molecule has 0 unspecified atom stereocenters. The van der Waals surface area contributed by atoms with E-state index in [0.717, 1.165) is 45.0 Å². The maximum absolute atomic E-state index is 5.69. The second-order valence-electron chi connectivity index (χ2n) is 6.29. The molecule has 3 rings (SSSR count). The monoisotopic (exact) mass is 316 g/mol. The van der Waals surface area contributed by atoms with Crippen LogP contribution in [0.4, 0.5) is 0 Å². The average molecular weight is 316 g/mol. The smallest absolute Gasteiger partial charge is 0.120 e. The van der Waals surface area contributed by atoms with Crippen molar-refractivity contribution in [3.8, 4) is 5.75 Å². The maximum Gasteiger partial charge on any atom is 0.120 e. The topological polar surface area (TPSA) is 26.6 Å². The summed E-state index contributed by atoms with van der Waals surface area (Å²) in [4.78, 5) is 2.51. The first kappa shape index (κ1) is 16.3. The fourth-order valence-corrected chi connectivity index (χ4v) is 3.50. The molecular formula is C19H28N2O2. The normalized spacial score (nSPS) is 16.1. The van der Waals surface area contributed by atoms with Gasteiger partial charge in [0.1, 0.15) is 5.75 Å². The molecule has 1 aliphatic heterocycles. The predicted molar refractivity (Wildman–Crippen MR) is 94.4 cm³/mol. The van der Waals surface area contributed by atoms with Gasteiger partial charge in [0.05, 0.1) is 19.8 Å². The molecule has 23 heavy (non-hydrogen) atoms. The lowest BCUT2D eigenvalue weighted by Gasteiger charge is -2.26. The molecule has 1 fully saturated rings. The Balaban J connectivity index is 1.75. The van der Waals surface area contributed by atoms with Crippen LogP contribution < -0.4 is 4.74 Å². The number of aromatic nitrogens is 1. The Morgan fingerprint density at radius 1 is 1.22 bits per heavy atom. The number of morpholine rings is 1. The van der Waals surface area contributed by atoms with E-state index in [2.05, 4.69) is 41.6 Å². The van der Waals surface area contributed by atoms with Crippen LogP contribution in [0.3, 0.4) is 0 Å². The van der Waals surface area contributed by atoms with E-state index in [0.29, 0.717) is 6.61 Å². The predicted octanol–water partition coefficient (Wildman–Crippen LogP) is 3.15. The number of hydrogen-bond donors (Lipinski definition) is 0. The number of aryl methyl sites for hydroxylation is 2. The highest BCUT2D eigenvalue weighted by atomic mass is 16.5. The van der Waals surface area contributed by atoms with Gasteiger partial charge in [0, 0.05) is 36.7 Å². The fraction of sp³-hybridized carbons (Fsp3) is 0.579. The summed E-state index contributed by atoms with van der Waals surface area (Å²) in [6, 6.07) is 6.46. The number of fused-ring (bicyclic) bond motifs is 1. The number of rotatable bonds is 6. The third-order valence-corrected chi connectivity index (χ3v) is 4.91. The van der Waals surface area contributed by atoms with Crippen LogP contribution in [0.2, 0.25) is 0 Å². The standard InChI is InChI=1S/C19H28N2O2/c1-4-23-16-7-8-19-18(14-16)17(15(2)20(19)3)6-5-9-21-10-12-22-13-11-21/h7-8,14H,4-6,9-13H2,1-3H3. The van der Waals surface area contributed by atoms with Gasteiger partial charge in [-0.1, -0.05) is 0 Å². The van der Waals surface area contributed by atoms with E-state index in [4.69, 9.17) is 9.47 Å². The van der Waals surface area contributed by atoms with Crippen molar-refractivity contribution in [2.24, 2.45) is 7.05 Å². The van der Waals surface area contributed by atoms with Crippen molar-refractivity contribution in [2.45, 2.75) is 26.7 Å². The Kier molecular flexibility index (Phi) is 5.23. The zero-order chi connectivity index (χ0) is 16.2. The summed E-state index contributed by atoms with van der Waals surface area (Å²) in [6.45, 7) is 10.0. The lowest BCUT2D eigenvalue weighted by molar-refractivity contribution is 0.0375. The molecule has 0 radical (unpaired) electrons. The van der Waals surface area contributed by atoms with E-state index in [1.165, 1.54) is 28.6 Å². The van der Waals surface area contributed by atoms with Crippen LogP contribution in [0.25, 0.3) is 10.9 Å². The second-order valence-corrected chi connectivity index (χ2v) is 6.29. The highest BCUT2D eigenvalue weighted by molar-refractivity contribution is 5.86. The Bertz CT molecular complexity index is 657. The molecule has 4 nitrogen and oxygen atoms in total. The van der Waals surface area contributed by atoms with E-state index < -0.39 is 0 Å². The molecule has 2 heterocycles. The average Bonchev–Trinajstić information content (AvgIpc) is 2.81. The van der Waals surface area contributed by atoms with Crippen molar-refractivity contribution in [2.75, 3.05) is 39.5 Å². The first-order chi connectivity index (χ1) is 11.2. The molecule has 0 amide bonds. The Hall–Kier alpha value is -1.52. The molecule has 0 N–H and O–H groups in total. The minimum atomic E-state index is 0.712. The minimum absolute atomic E-state index is 0.712. The number of benzene rings is 1. The Morgan fingerprint density at radius 2 is 2.00 bits per heavy atom. The number of hydrogen-bond acceptors (Lipinski definition) is 3. The van der Waals surface area contributed by atoms with E-state index in [9.17, 15) is 0 Å². The van der Waals surface area contributed by atoms with Crippen LogP contribution in [-0.2, 0) is 18.2 Å². The first-order valence-electron chi connectivity index (χ1n) is 8.71. The van der Waals surface area contributed by atoms with Gasteiger partial charge in [0.25, 0.3) is 0 Å². The molecule has 0 bridgehead atoms. The molecule has 0 saturated carbocycles. The third kappa shape index (κ3) is 3.54. The summed E-state index contributed by atoms with van der Waals surface area (Å²) in [5, 5.41) is 1.35. The fourth-order valence-electron chi connectivity index (χ4n) is 3.50. The van der Waals surface area contributed by atoms with Crippen LogP contribution >= 0.6 is 0 Å². The van der Waals surface area contributed by atoms with Gasteiger partial charge < -0.3 is 14.0 Å². The molecule has 126 valence electrons. The summed E-state index contributed by atoms with van der Waals surface area (Å²) < 4.78 is 13.4. The summed E-state index contributed by atoms with van der Waals surface area (Å²) in [5.74, 6) is 0.972. The van der Waals surface area contributed by atoms with Crippen molar-refractivity contribution in [3.63, 3.8) is 0 Å². The number of nitrogens with zero attached hydrogens (tertiary/aromatic N) is 2. The first-order valence-corrected chi connectivity index (χ1v) is 8.71. The van der Waals surface area contributed by atoms with Gasteiger partial charge in [-0.25, -0.2) is 0 Å². The van der Waals surface area contributed by atoms with Crippen molar-refractivity contribution in [1.29, 1.82) is 0 Å². The molecule has 0 aliphatic carbocycles. The SMILES string of the molecule is CCOc1ccc2c(c1)c(CCCN1CCOCC1)c(C)n2C. The summed E-state index contributed by atoms with van der Waals surface area (Å²) >= 11 is 0. The van der Waals surface area contributed by atoms with Crippen LogP contribution in [0.1, 0.15) is 24.6 Å². The lowest BCUT2D eigenvalue weighted by Crippen LogP contribution is -2.36. The van der Waals surface area contributed by atoms with Gasteiger partial charge >= 0.3 is 0 Å². The van der Waals surface area contributed by atoms with E-state index in [1.54, 1.807) is 0 Å². The summed E-state index contributed by atoms with van der Waals surface area (Å²) in [5.41, 5.74) is 4.14. The third-order valence-electron chi connectivity index (χ3n) is 4.91. The second kappa shape index (κ2) is 7.37. The zero-order valence-corrected chi connectivity index (χ0v) is 14.6. The molecule has 0 spiro atoms. The van der Waals surface area contributed by atoms with Crippen LogP contribution in [0, 0.1) is 6.92 Å². The quantitative estimate of drug-likeness (QED) is 0.819. The van der Waals surface area contributed by atoms with Crippen LogP contribution in [0.15, 0.2) is 18.2 Å². The molecule has 1 aromatic carbocycles. The molecule has 0 atom stereocenters. The molecular weight excluding hydrogens is 288 g/mol. The van der Waals surface area contributed by atoms with E-state index in [1.807, 2.05) is 6.92 Å². The maximum atomic E-state index is 5.69. The van der Waals surface area contributed by atoms with Crippen molar-refractivity contribution in [1.82, 2.24) is 9.47 Å². The van der Waals surface area contributed by atoms with E-state index in [-0.39, 0.29) is 0 Å². The van der Waals surface area contributed by atoms with E-state index >= 15 is 0 Å².